The number of aromatic nitrogens is 2. The number of nitrogens with one attached hydrogen (secondary N) is 1. The molecule has 1 aromatic rings. The molecule has 4 nitrogen and oxygen atoms in total. The van der Waals surface area contributed by atoms with Gasteiger partial charge in [0.05, 0.1) is 12.3 Å². The molecule has 0 saturated carbocycles. The highest BCUT2D eigenvalue weighted by Gasteiger charge is 2.09. The summed E-state index contributed by atoms with van der Waals surface area (Å²) in [6.45, 7) is 7.72. The molecule has 15 heavy (non-hydrogen) atoms. The summed E-state index contributed by atoms with van der Waals surface area (Å²) in [6.07, 6.45) is 4.25. The van der Waals surface area contributed by atoms with Gasteiger partial charge in [0.25, 0.3) is 0 Å². The van der Waals surface area contributed by atoms with Gasteiger partial charge in [-0.1, -0.05) is 20.8 Å². The lowest BCUT2D eigenvalue weighted by atomic mass is 10.2. The zero-order valence-corrected chi connectivity index (χ0v) is 9.77. The van der Waals surface area contributed by atoms with Gasteiger partial charge >= 0.3 is 0 Å². The lowest BCUT2D eigenvalue weighted by Crippen LogP contribution is -2.27. The van der Waals surface area contributed by atoms with E-state index in [9.17, 15) is 5.11 Å². The van der Waals surface area contributed by atoms with E-state index in [1.54, 1.807) is 6.20 Å². The maximum absolute atomic E-state index is 9.84. The largest absolute Gasteiger partial charge is 0.387 e. The number of aryl methyl sites for hydroxylation is 1. The molecule has 0 bridgehead atoms. The van der Waals surface area contributed by atoms with Crippen molar-refractivity contribution in [1.29, 1.82) is 0 Å². The summed E-state index contributed by atoms with van der Waals surface area (Å²) in [4.78, 5) is 0. The normalized spacial score (nSPS) is 13.4. The Balaban J connectivity index is 2.46. The molecule has 1 aromatic heterocycles. The summed E-state index contributed by atoms with van der Waals surface area (Å²) >= 11 is 0. The van der Waals surface area contributed by atoms with Crippen LogP contribution in [-0.2, 0) is 6.54 Å². The van der Waals surface area contributed by atoms with Gasteiger partial charge in [-0.05, 0) is 6.42 Å². The first-order chi connectivity index (χ1) is 7.13. The van der Waals surface area contributed by atoms with E-state index in [4.69, 9.17) is 0 Å². The van der Waals surface area contributed by atoms with E-state index in [-0.39, 0.29) is 0 Å². The second-order valence-electron chi connectivity index (χ2n) is 4.12. The number of nitrogens with zero attached hydrogens (tertiary/aromatic N) is 2. The van der Waals surface area contributed by atoms with Gasteiger partial charge in [-0.15, -0.1) is 0 Å². The molecule has 0 radical (unpaired) electrons. The maximum Gasteiger partial charge on any atom is 0.0944 e. The summed E-state index contributed by atoms with van der Waals surface area (Å²) in [7, 11) is 0. The van der Waals surface area contributed by atoms with Crippen LogP contribution in [0.5, 0.6) is 0 Å². The number of hydrogen-bond donors (Lipinski definition) is 2. The van der Waals surface area contributed by atoms with Crippen LogP contribution < -0.4 is 5.32 Å². The van der Waals surface area contributed by atoms with Crippen LogP contribution in [0.15, 0.2) is 12.4 Å². The molecule has 0 aliphatic rings. The highest BCUT2D eigenvalue weighted by atomic mass is 16.3. The van der Waals surface area contributed by atoms with Crippen LogP contribution >= 0.6 is 0 Å². The molecule has 1 rings (SSSR count). The van der Waals surface area contributed by atoms with E-state index in [1.165, 1.54) is 0 Å². The Bertz CT molecular complexity index is 283. The zero-order chi connectivity index (χ0) is 11.3. The van der Waals surface area contributed by atoms with Gasteiger partial charge in [0.15, 0.2) is 0 Å². The van der Waals surface area contributed by atoms with E-state index in [0.29, 0.717) is 12.6 Å². The second-order valence-corrected chi connectivity index (χ2v) is 4.12. The van der Waals surface area contributed by atoms with E-state index in [1.807, 2.05) is 10.9 Å². The minimum absolute atomic E-state index is 0.394. The Hall–Kier alpha value is -0.870. The van der Waals surface area contributed by atoms with Crippen molar-refractivity contribution in [3.05, 3.63) is 18.0 Å². The molecular weight excluding hydrogens is 190 g/mol. The first kappa shape index (κ1) is 12.2. The summed E-state index contributed by atoms with van der Waals surface area (Å²) in [5.74, 6) is 0. The number of aliphatic hydroxyl groups excluding tert-OH is 1. The Labute approximate surface area is 91.3 Å². The molecule has 0 aromatic carbocycles. The molecular formula is C11H21N3O. The van der Waals surface area contributed by atoms with Crippen LogP contribution in [0, 0.1) is 0 Å². The Morgan fingerprint density at radius 1 is 1.53 bits per heavy atom. The Morgan fingerprint density at radius 3 is 2.87 bits per heavy atom. The molecule has 1 unspecified atom stereocenters. The molecule has 1 heterocycles. The van der Waals surface area contributed by atoms with Crippen molar-refractivity contribution in [3.8, 4) is 0 Å². The molecule has 86 valence electrons. The third-order valence-electron chi connectivity index (χ3n) is 2.21. The average Bonchev–Trinajstić information content (AvgIpc) is 2.63. The molecule has 0 fully saturated rings. The smallest absolute Gasteiger partial charge is 0.0944 e. The topological polar surface area (TPSA) is 50.1 Å². The van der Waals surface area contributed by atoms with Crippen LogP contribution in [0.25, 0.3) is 0 Å². The molecule has 0 saturated heterocycles. The predicted molar refractivity (Wildman–Crippen MR) is 60.6 cm³/mol. The van der Waals surface area contributed by atoms with Gasteiger partial charge in [0.2, 0.25) is 0 Å². The Morgan fingerprint density at radius 2 is 2.27 bits per heavy atom. The summed E-state index contributed by atoms with van der Waals surface area (Å²) < 4.78 is 1.87. The van der Waals surface area contributed by atoms with Crippen molar-refractivity contribution < 1.29 is 5.11 Å². The summed E-state index contributed by atoms with van der Waals surface area (Å²) in [6, 6.07) is 0.394. The van der Waals surface area contributed by atoms with Crippen molar-refractivity contribution in [2.24, 2.45) is 0 Å². The van der Waals surface area contributed by atoms with Crippen molar-refractivity contribution in [3.63, 3.8) is 0 Å². The molecule has 4 heteroatoms. The van der Waals surface area contributed by atoms with Gasteiger partial charge in [-0.2, -0.15) is 5.10 Å². The van der Waals surface area contributed by atoms with E-state index in [2.05, 4.69) is 31.2 Å². The fourth-order valence-corrected chi connectivity index (χ4v) is 1.37. The summed E-state index contributed by atoms with van der Waals surface area (Å²) in [5.41, 5.74) is 0.886. The van der Waals surface area contributed by atoms with Crippen LogP contribution in [-0.4, -0.2) is 27.5 Å². The quantitative estimate of drug-likeness (QED) is 0.746. The van der Waals surface area contributed by atoms with Crippen molar-refractivity contribution in [1.82, 2.24) is 15.1 Å². The van der Waals surface area contributed by atoms with Crippen molar-refractivity contribution >= 4 is 0 Å². The van der Waals surface area contributed by atoms with Crippen molar-refractivity contribution in [2.75, 3.05) is 6.54 Å². The van der Waals surface area contributed by atoms with Crippen molar-refractivity contribution in [2.45, 2.75) is 45.9 Å². The first-order valence-corrected chi connectivity index (χ1v) is 5.57. The highest BCUT2D eigenvalue weighted by molar-refractivity contribution is 5.08. The first-order valence-electron chi connectivity index (χ1n) is 5.57. The fraction of sp³-hybridized carbons (Fsp3) is 0.727. The van der Waals surface area contributed by atoms with E-state index in [0.717, 1.165) is 18.5 Å². The highest BCUT2D eigenvalue weighted by Crippen LogP contribution is 2.10. The average molecular weight is 211 g/mol. The monoisotopic (exact) mass is 211 g/mol. The number of rotatable bonds is 6. The van der Waals surface area contributed by atoms with Crippen LogP contribution in [0.1, 0.15) is 38.9 Å². The molecule has 1 atom stereocenters. The lowest BCUT2D eigenvalue weighted by Gasteiger charge is -2.12. The van der Waals surface area contributed by atoms with Crippen LogP contribution in [0.3, 0.4) is 0 Å². The lowest BCUT2D eigenvalue weighted by molar-refractivity contribution is 0.171. The third-order valence-corrected chi connectivity index (χ3v) is 2.21. The van der Waals surface area contributed by atoms with E-state index >= 15 is 0 Å². The fourth-order valence-electron chi connectivity index (χ4n) is 1.37. The molecule has 0 amide bonds. The standard InChI is InChI=1S/C11H21N3O/c1-4-5-14-8-10(6-13-14)11(15)7-12-9(2)3/h6,8-9,11-12,15H,4-5,7H2,1-3H3. The zero-order valence-electron chi connectivity index (χ0n) is 9.77. The molecule has 2 N–H and O–H groups in total. The maximum atomic E-state index is 9.84. The summed E-state index contributed by atoms with van der Waals surface area (Å²) in [5, 5.41) is 17.2. The molecule has 0 aliphatic carbocycles. The van der Waals surface area contributed by atoms with Crippen LogP contribution in [0.4, 0.5) is 0 Å². The predicted octanol–water partition coefficient (Wildman–Crippen LogP) is 1.32. The molecule has 0 spiro atoms. The second kappa shape index (κ2) is 5.88. The van der Waals surface area contributed by atoms with Crippen LogP contribution in [0.2, 0.25) is 0 Å². The van der Waals surface area contributed by atoms with Gasteiger partial charge in [-0.25, -0.2) is 0 Å². The third kappa shape index (κ3) is 4.01. The number of hydrogen-bond acceptors (Lipinski definition) is 3. The molecule has 0 aliphatic heterocycles. The van der Waals surface area contributed by atoms with Gasteiger partial charge in [-0.3, -0.25) is 4.68 Å². The minimum atomic E-state index is -0.460. The SMILES string of the molecule is CCCn1cc(C(O)CNC(C)C)cn1. The minimum Gasteiger partial charge on any atom is -0.387 e. The van der Waals surface area contributed by atoms with Gasteiger partial charge < -0.3 is 10.4 Å². The van der Waals surface area contributed by atoms with E-state index < -0.39 is 6.10 Å². The number of aliphatic hydroxyl groups is 1. The van der Waals surface area contributed by atoms with Gasteiger partial charge in [0, 0.05) is 30.9 Å². The Kier molecular flexibility index (Phi) is 4.78. The van der Waals surface area contributed by atoms with Gasteiger partial charge in [0.1, 0.15) is 0 Å².